The van der Waals surface area contributed by atoms with Gasteiger partial charge in [-0.2, -0.15) is 0 Å². The van der Waals surface area contributed by atoms with Crippen LogP contribution in [0.4, 0.5) is 0 Å². The van der Waals surface area contributed by atoms with Gasteiger partial charge in [0, 0.05) is 6.42 Å². The molecule has 0 spiro atoms. The second-order valence-electron chi connectivity index (χ2n) is 3.77. The molecule has 0 bridgehead atoms. The largest absolute Gasteiger partial charge is 0.0983 e. The van der Waals surface area contributed by atoms with Crippen molar-refractivity contribution in [2.45, 2.75) is 41.0 Å². The molecule has 0 aromatic carbocycles. The van der Waals surface area contributed by atoms with E-state index in [-0.39, 0.29) is 0 Å². The maximum atomic E-state index is 2.35. The molecule has 0 nitrogen and oxygen atoms in total. The van der Waals surface area contributed by atoms with Gasteiger partial charge in [-0.1, -0.05) is 25.5 Å². The normalized spacial score (nSPS) is 15.3. The van der Waals surface area contributed by atoms with E-state index in [9.17, 15) is 0 Å². The second-order valence-corrected chi connectivity index (χ2v) is 3.77. The fourth-order valence-corrected chi connectivity index (χ4v) is 1.26. The molecule has 0 rings (SSSR count). The molecule has 0 aliphatic carbocycles. The van der Waals surface area contributed by atoms with Crippen molar-refractivity contribution in [3.8, 4) is 0 Å². The highest BCUT2D eigenvalue weighted by molar-refractivity contribution is 5.01. The van der Waals surface area contributed by atoms with E-state index in [1.54, 1.807) is 0 Å². The third-order valence-corrected chi connectivity index (χ3v) is 1.83. The first kappa shape index (κ1) is 10.6. The molecule has 0 saturated heterocycles. The summed E-state index contributed by atoms with van der Waals surface area (Å²) >= 11 is 0. The zero-order valence-electron chi connectivity index (χ0n) is 8.52. The molecule has 0 heterocycles. The summed E-state index contributed by atoms with van der Waals surface area (Å²) < 4.78 is 0. The lowest BCUT2D eigenvalue weighted by Gasteiger charge is -2.03. The minimum absolute atomic E-state index is 0.694. The fraction of sp³-hybridized carbons (Fsp3) is 0.727. The van der Waals surface area contributed by atoms with Crippen LogP contribution < -0.4 is 0 Å². The Morgan fingerprint density at radius 2 is 1.91 bits per heavy atom. The fourth-order valence-electron chi connectivity index (χ4n) is 1.26. The van der Waals surface area contributed by atoms with Crippen LogP contribution in [0.25, 0.3) is 0 Å². The van der Waals surface area contributed by atoms with Crippen LogP contribution in [0.15, 0.2) is 11.6 Å². The van der Waals surface area contributed by atoms with Gasteiger partial charge in [0.25, 0.3) is 0 Å². The number of hydrogen-bond donors (Lipinski definition) is 0. The van der Waals surface area contributed by atoms with Crippen LogP contribution in [0.3, 0.4) is 0 Å². The molecule has 0 N–H and O–H groups in total. The van der Waals surface area contributed by atoms with Crippen LogP contribution in [0.1, 0.15) is 41.0 Å². The molecular formula is C11H21+. The molecule has 0 radical (unpaired) electrons. The molecule has 0 amide bonds. The number of allylic oxidation sites excluding steroid dienone is 2. The Morgan fingerprint density at radius 3 is 2.27 bits per heavy atom. The number of hydrogen-bond acceptors (Lipinski definition) is 0. The van der Waals surface area contributed by atoms with Gasteiger partial charge in [0.05, 0.1) is 19.3 Å². The van der Waals surface area contributed by atoms with E-state index in [1.165, 1.54) is 12.0 Å². The van der Waals surface area contributed by atoms with E-state index in [2.05, 4.69) is 47.1 Å². The van der Waals surface area contributed by atoms with Gasteiger partial charge in [0.1, 0.15) is 0 Å². The van der Waals surface area contributed by atoms with Crippen molar-refractivity contribution in [3.05, 3.63) is 18.1 Å². The van der Waals surface area contributed by atoms with Crippen molar-refractivity contribution in [2.24, 2.45) is 11.8 Å². The van der Waals surface area contributed by atoms with Crippen molar-refractivity contribution < 1.29 is 0 Å². The molecule has 0 fully saturated rings. The molecule has 64 valence electrons. The Kier molecular flexibility index (Phi) is 5.10. The lowest BCUT2D eigenvalue weighted by Crippen LogP contribution is -1.94. The second kappa shape index (κ2) is 5.29. The van der Waals surface area contributed by atoms with Gasteiger partial charge in [-0.25, -0.2) is 0 Å². The van der Waals surface area contributed by atoms with E-state index in [1.807, 2.05) is 0 Å². The minimum Gasteiger partial charge on any atom is -0.0829 e. The van der Waals surface area contributed by atoms with Crippen molar-refractivity contribution in [2.75, 3.05) is 0 Å². The molecule has 0 aliphatic rings. The Balaban J connectivity index is 3.76. The highest BCUT2D eigenvalue weighted by Gasteiger charge is 2.06. The van der Waals surface area contributed by atoms with Gasteiger partial charge in [0.2, 0.25) is 0 Å². The summed E-state index contributed by atoms with van der Waals surface area (Å²) in [6, 6.07) is 0. The molecule has 11 heavy (non-hydrogen) atoms. The lowest BCUT2D eigenvalue weighted by molar-refractivity contribution is 0.657. The van der Waals surface area contributed by atoms with Gasteiger partial charge < -0.3 is 0 Å². The smallest absolute Gasteiger partial charge is 0.0829 e. The molecule has 0 saturated carbocycles. The van der Waals surface area contributed by atoms with E-state index in [0.29, 0.717) is 5.92 Å². The summed E-state index contributed by atoms with van der Waals surface area (Å²) in [5.74, 6) is 1.42. The monoisotopic (exact) mass is 153 g/mol. The summed E-state index contributed by atoms with van der Waals surface area (Å²) in [4.78, 5) is 0. The van der Waals surface area contributed by atoms with Crippen LogP contribution in [0.5, 0.6) is 0 Å². The summed E-state index contributed by atoms with van der Waals surface area (Å²) in [5, 5.41) is 0. The Bertz CT molecular complexity index is 120. The third kappa shape index (κ3) is 6.03. The summed E-state index contributed by atoms with van der Waals surface area (Å²) in [5.41, 5.74) is 1.52. The molecule has 0 aromatic rings. The van der Waals surface area contributed by atoms with Crippen molar-refractivity contribution in [1.29, 1.82) is 0 Å². The summed E-state index contributed by atoms with van der Waals surface area (Å²) in [6.45, 7) is 11.1. The Hall–Kier alpha value is -0.390. The van der Waals surface area contributed by atoms with Crippen molar-refractivity contribution in [3.63, 3.8) is 0 Å². The lowest BCUT2D eigenvalue weighted by atomic mass is 9.98. The van der Waals surface area contributed by atoms with Crippen LogP contribution in [-0.2, 0) is 0 Å². The van der Waals surface area contributed by atoms with E-state index >= 15 is 0 Å². The number of rotatable bonds is 4. The molecule has 1 unspecified atom stereocenters. The molecule has 0 heteroatoms. The SMILES string of the molecule is C[CH+]C(C)CC(C)=CC(C)C. The highest BCUT2D eigenvalue weighted by atomic mass is 14.1. The molecular weight excluding hydrogens is 132 g/mol. The van der Waals surface area contributed by atoms with E-state index < -0.39 is 0 Å². The summed E-state index contributed by atoms with van der Waals surface area (Å²) in [6.07, 6.45) is 5.83. The van der Waals surface area contributed by atoms with Crippen molar-refractivity contribution in [1.82, 2.24) is 0 Å². The maximum Gasteiger partial charge on any atom is 0.0983 e. The maximum absolute atomic E-state index is 2.35. The van der Waals surface area contributed by atoms with Crippen LogP contribution in [-0.4, -0.2) is 0 Å². The first-order valence-corrected chi connectivity index (χ1v) is 4.53. The van der Waals surface area contributed by atoms with Gasteiger partial charge >= 0.3 is 0 Å². The van der Waals surface area contributed by atoms with Gasteiger partial charge in [0.15, 0.2) is 0 Å². The quantitative estimate of drug-likeness (QED) is 0.425. The van der Waals surface area contributed by atoms with E-state index in [0.717, 1.165) is 5.92 Å². The van der Waals surface area contributed by atoms with Crippen LogP contribution in [0.2, 0.25) is 0 Å². The highest BCUT2D eigenvalue weighted by Crippen LogP contribution is 2.14. The third-order valence-electron chi connectivity index (χ3n) is 1.83. The van der Waals surface area contributed by atoms with Crippen molar-refractivity contribution >= 4 is 0 Å². The topological polar surface area (TPSA) is 0 Å². The summed E-state index contributed by atoms with van der Waals surface area (Å²) in [7, 11) is 0. The van der Waals surface area contributed by atoms with E-state index in [4.69, 9.17) is 0 Å². The minimum atomic E-state index is 0.694. The van der Waals surface area contributed by atoms with Gasteiger partial charge in [-0.05, 0) is 19.8 Å². The first-order valence-electron chi connectivity index (χ1n) is 4.53. The zero-order valence-corrected chi connectivity index (χ0v) is 8.52. The standard InChI is InChI=1S/C11H21/c1-6-10(4)8-11(5)7-9(2)3/h6-7,9-10H,8H2,1-5H3/q+1. The Morgan fingerprint density at radius 1 is 1.36 bits per heavy atom. The average molecular weight is 153 g/mol. The molecule has 0 aromatic heterocycles. The van der Waals surface area contributed by atoms with Crippen LogP contribution >= 0.6 is 0 Å². The average Bonchev–Trinajstić information content (AvgIpc) is 1.85. The first-order chi connectivity index (χ1) is 5.06. The van der Waals surface area contributed by atoms with Crippen LogP contribution in [0, 0.1) is 18.3 Å². The Labute approximate surface area is 71.7 Å². The molecule has 0 aliphatic heterocycles. The molecule has 1 atom stereocenters. The van der Waals surface area contributed by atoms with Gasteiger partial charge in [-0.15, -0.1) is 0 Å². The predicted octanol–water partition coefficient (Wildman–Crippen LogP) is 3.84. The predicted molar refractivity (Wildman–Crippen MR) is 52.4 cm³/mol. The zero-order chi connectivity index (χ0) is 8.85. The van der Waals surface area contributed by atoms with Gasteiger partial charge in [-0.3, -0.25) is 0 Å².